The van der Waals surface area contributed by atoms with E-state index in [-0.39, 0.29) is 42.8 Å². The Morgan fingerprint density at radius 3 is 1.80 bits per heavy atom. The summed E-state index contributed by atoms with van der Waals surface area (Å²) in [7, 11) is 0. The van der Waals surface area contributed by atoms with Gasteiger partial charge in [0, 0.05) is 6.92 Å². The molecule has 0 heterocycles. The van der Waals surface area contributed by atoms with E-state index in [9.17, 15) is 0 Å². The number of aliphatic hydroxyl groups is 1. The van der Waals surface area contributed by atoms with Crippen LogP contribution >= 0.6 is 12.2 Å². The van der Waals surface area contributed by atoms with Gasteiger partial charge in [-0.3, -0.25) is 0 Å². The number of hydrogen-bond acceptors (Lipinski definition) is 1. The zero-order valence-electron chi connectivity index (χ0n) is 2.36. The van der Waals surface area contributed by atoms with Crippen molar-refractivity contribution in [3.05, 3.63) is 0 Å². The van der Waals surface area contributed by atoms with E-state index in [1.807, 2.05) is 0 Å². The summed E-state index contributed by atoms with van der Waals surface area (Å²) >= 11 is 4.09. The molecule has 0 aromatic heterocycles. The molecule has 0 rings (SSSR count). The van der Waals surface area contributed by atoms with E-state index in [0.29, 0.717) is 0 Å². The average molecular weight is 118 g/mol. The molecule has 0 spiro atoms. The topological polar surface area (TPSA) is 20.2 Å². The summed E-state index contributed by atoms with van der Waals surface area (Å²) in [4.78, 5) is 0. The van der Waals surface area contributed by atoms with Gasteiger partial charge in [-0.2, -0.15) is 0 Å². The molecule has 0 fully saturated rings. The van der Waals surface area contributed by atoms with Crippen LogP contribution in [-0.4, -0.2) is 47.9 Å². The van der Waals surface area contributed by atoms with Gasteiger partial charge in [-0.05, 0) is 12.2 Å². The van der Waals surface area contributed by atoms with Gasteiger partial charge in [0.1, 0.15) is 0 Å². The predicted molar refractivity (Wildman–Crippen MR) is 29.4 cm³/mol. The molecule has 0 aliphatic carbocycles. The molecule has 0 aromatic carbocycles. The molecular weight excluding hydrogens is 112 g/mol. The molecule has 0 aliphatic heterocycles. The summed E-state index contributed by atoms with van der Waals surface area (Å²) in [6.07, 6.45) is 0. The fourth-order valence-electron chi connectivity index (χ4n) is 0. The number of aliphatic hydroxyl groups excluding tert-OH is 1. The summed E-state index contributed by atoms with van der Waals surface area (Å²) in [5, 5.41) is 7.79. The van der Waals surface area contributed by atoms with Crippen LogP contribution in [0.3, 0.4) is 0 Å². The number of thiocarbonyl (C=S) groups is 1. The summed E-state index contributed by atoms with van der Waals surface area (Å²) in [5.74, 6) is 0. The van der Waals surface area contributed by atoms with E-state index in [0.717, 1.165) is 0 Å². The molecule has 1 N–H and O–H groups in total. The molecule has 0 aromatic rings. The Morgan fingerprint density at radius 2 is 1.80 bits per heavy atom. The van der Waals surface area contributed by atoms with Crippen LogP contribution < -0.4 is 0 Å². The van der Waals surface area contributed by atoms with Crippen molar-refractivity contribution in [1.29, 1.82) is 0 Å². The number of rotatable bonds is 0. The third-order valence-corrected chi connectivity index (χ3v) is 0. The van der Waals surface area contributed by atoms with Crippen LogP contribution in [0.4, 0.5) is 0 Å². The molecule has 0 saturated heterocycles. The van der Waals surface area contributed by atoms with Crippen LogP contribution in [0.5, 0.6) is 0 Å². The van der Waals surface area contributed by atoms with Crippen LogP contribution in [0.1, 0.15) is 6.92 Å². The second-order valence-electron chi connectivity index (χ2n) is 0.519. The Labute approximate surface area is 66.4 Å². The fraction of sp³-hybridized carbons (Fsp3) is 0.500. The monoisotopic (exact) mass is 118 g/mol. The zero-order valence-corrected chi connectivity index (χ0v) is 3.17. The Bertz CT molecular complexity index is 32.6. The molecular formula is C2H6CaOS. The Hall–Kier alpha value is 1.15. The standard InChI is InChI=1S/C2H4OS.Ca.2H/c1-2(3)4;;;/h1H3,(H,3,4);;;. The third-order valence-electron chi connectivity index (χ3n) is 0. The molecule has 0 atom stereocenters. The predicted octanol–water partition coefficient (Wildman–Crippen LogP) is -0.0245. The van der Waals surface area contributed by atoms with Crippen molar-refractivity contribution >= 4 is 55.0 Å². The van der Waals surface area contributed by atoms with Gasteiger partial charge in [-0.1, -0.05) is 0 Å². The van der Waals surface area contributed by atoms with Crippen molar-refractivity contribution < 1.29 is 5.11 Å². The molecule has 3 heteroatoms. The second-order valence-corrected chi connectivity index (χ2v) is 1.11. The summed E-state index contributed by atoms with van der Waals surface area (Å²) in [5.41, 5.74) is 0. The maximum absolute atomic E-state index is 7.79. The van der Waals surface area contributed by atoms with E-state index >= 15 is 0 Å². The molecule has 0 saturated carbocycles. The average Bonchev–Trinajstić information content (AvgIpc) is 0.811. The SMILES string of the molecule is CC(O)=S.[CaH2]. The van der Waals surface area contributed by atoms with Gasteiger partial charge in [0.05, 0.1) is 0 Å². The van der Waals surface area contributed by atoms with Crippen LogP contribution in [0.25, 0.3) is 0 Å². The Balaban J connectivity index is 0. The van der Waals surface area contributed by atoms with Crippen LogP contribution in [0.2, 0.25) is 0 Å². The first kappa shape index (κ1) is 9.47. The molecule has 0 aliphatic rings. The van der Waals surface area contributed by atoms with Crippen molar-refractivity contribution in [2.24, 2.45) is 0 Å². The van der Waals surface area contributed by atoms with E-state index in [4.69, 9.17) is 5.11 Å². The zero-order chi connectivity index (χ0) is 3.58. The van der Waals surface area contributed by atoms with Gasteiger partial charge in [0.2, 0.25) is 0 Å². The summed E-state index contributed by atoms with van der Waals surface area (Å²) in [6.45, 7) is 1.45. The minimum absolute atomic E-state index is 0. The Kier molecular flexibility index (Phi) is 9.75. The molecule has 0 unspecified atom stereocenters. The Morgan fingerprint density at radius 1 is 1.80 bits per heavy atom. The van der Waals surface area contributed by atoms with Gasteiger partial charge in [0.25, 0.3) is 0 Å². The first-order valence-electron chi connectivity index (χ1n) is 0.928. The maximum atomic E-state index is 7.79. The van der Waals surface area contributed by atoms with Gasteiger partial charge in [-0.25, -0.2) is 0 Å². The van der Waals surface area contributed by atoms with Crippen LogP contribution in [0.15, 0.2) is 0 Å². The van der Waals surface area contributed by atoms with Crippen molar-refractivity contribution in [2.75, 3.05) is 0 Å². The van der Waals surface area contributed by atoms with Gasteiger partial charge in [0.15, 0.2) is 5.05 Å². The van der Waals surface area contributed by atoms with Gasteiger partial charge >= 0.3 is 37.7 Å². The number of hydrogen-bond donors (Lipinski definition) is 1. The molecule has 0 radical (unpaired) electrons. The third kappa shape index (κ3) is 38.6. The van der Waals surface area contributed by atoms with Crippen molar-refractivity contribution in [1.82, 2.24) is 0 Å². The van der Waals surface area contributed by atoms with Crippen molar-refractivity contribution in [2.45, 2.75) is 6.92 Å². The first-order chi connectivity index (χ1) is 1.73. The molecule has 28 valence electrons. The quantitative estimate of drug-likeness (QED) is 0.356. The summed E-state index contributed by atoms with van der Waals surface area (Å²) in [6, 6.07) is 0. The van der Waals surface area contributed by atoms with E-state index in [1.165, 1.54) is 6.92 Å². The molecule has 0 amide bonds. The molecule has 5 heavy (non-hydrogen) atoms. The molecule has 1 nitrogen and oxygen atoms in total. The molecule has 0 bridgehead atoms. The minimum atomic E-state index is 0. The van der Waals surface area contributed by atoms with E-state index in [1.54, 1.807) is 0 Å². The summed E-state index contributed by atoms with van der Waals surface area (Å²) < 4.78 is 0. The fourth-order valence-corrected chi connectivity index (χ4v) is 0. The first-order valence-corrected chi connectivity index (χ1v) is 1.34. The van der Waals surface area contributed by atoms with Gasteiger partial charge < -0.3 is 5.11 Å². The van der Waals surface area contributed by atoms with Crippen molar-refractivity contribution in [3.63, 3.8) is 0 Å². The van der Waals surface area contributed by atoms with Crippen molar-refractivity contribution in [3.8, 4) is 0 Å². The van der Waals surface area contributed by atoms with Crippen LogP contribution in [0, 0.1) is 0 Å². The van der Waals surface area contributed by atoms with Crippen LogP contribution in [-0.2, 0) is 0 Å². The van der Waals surface area contributed by atoms with Gasteiger partial charge in [-0.15, -0.1) is 0 Å². The normalized spacial score (nSPS) is 5.00. The van der Waals surface area contributed by atoms with E-state index < -0.39 is 0 Å². The second kappa shape index (κ2) is 5.15. The van der Waals surface area contributed by atoms with E-state index in [2.05, 4.69) is 12.2 Å².